The summed E-state index contributed by atoms with van der Waals surface area (Å²) >= 11 is 1.12. The maximum atomic E-state index is 15.1. The lowest BCUT2D eigenvalue weighted by Gasteiger charge is -2.30. The van der Waals surface area contributed by atoms with Gasteiger partial charge in [0.1, 0.15) is 35.4 Å². The quantitative estimate of drug-likeness (QED) is 0.359. The topological polar surface area (TPSA) is 81.8 Å². The highest BCUT2D eigenvalue weighted by Gasteiger charge is 2.41. The molecule has 1 heterocycles. The highest BCUT2D eigenvalue weighted by molar-refractivity contribution is 7.99. The Hall–Kier alpha value is -3.90. The molecule has 222 valence electrons. The van der Waals surface area contributed by atoms with Crippen LogP contribution in [-0.4, -0.2) is 61.9 Å². The molecule has 3 atom stereocenters. The Kier molecular flexibility index (Phi) is 9.89. The molecule has 0 bridgehead atoms. The van der Waals surface area contributed by atoms with Crippen molar-refractivity contribution >= 4 is 35.2 Å². The highest BCUT2D eigenvalue weighted by atomic mass is 32.2. The van der Waals surface area contributed by atoms with Crippen LogP contribution in [0.2, 0.25) is 0 Å². The van der Waals surface area contributed by atoms with E-state index in [1.54, 1.807) is 24.3 Å². The Morgan fingerprint density at radius 3 is 2.36 bits per heavy atom. The number of nitrogens with zero attached hydrogens (tertiary/aromatic N) is 2. The Bertz CT molecular complexity index is 1470. The van der Waals surface area contributed by atoms with Gasteiger partial charge in [-0.3, -0.25) is 14.4 Å². The number of fused-ring (bicyclic) bond motifs is 1. The van der Waals surface area contributed by atoms with Gasteiger partial charge in [0.05, 0.1) is 17.4 Å². The van der Waals surface area contributed by atoms with Crippen molar-refractivity contribution in [2.24, 2.45) is 0 Å². The number of carbonyl (C=O) groups is 3. The number of halogens is 4. The van der Waals surface area contributed by atoms with Crippen LogP contribution >= 0.6 is 11.8 Å². The molecule has 42 heavy (non-hydrogen) atoms. The van der Waals surface area contributed by atoms with E-state index in [1.807, 2.05) is 19.0 Å². The van der Waals surface area contributed by atoms with Gasteiger partial charge in [0.15, 0.2) is 0 Å². The van der Waals surface area contributed by atoms with E-state index in [0.717, 1.165) is 42.1 Å². The number of nitrogens with one attached hydrogen (secondary N) is 2. The number of rotatable bonds is 9. The van der Waals surface area contributed by atoms with Crippen LogP contribution in [0.25, 0.3) is 0 Å². The van der Waals surface area contributed by atoms with Crippen LogP contribution in [0.5, 0.6) is 0 Å². The number of anilines is 1. The molecule has 1 aliphatic heterocycles. The minimum Gasteiger partial charge on any atom is -0.344 e. The van der Waals surface area contributed by atoms with Crippen molar-refractivity contribution in [1.82, 2.24) is 15.5 Å². The van der Waals surface area contributed by atoms with Crippen molar-refractivity contribution in [2.45, 2.75) is 35.6 Å². The first kappa shape index (κ1) is 31.0. The molecule has 0 spiro atoms. The molecule has 2 N–H and O–H groups in total. The first-order valence-electron chi connectivity index (χ1n) is 13.1. The van der Waals surface area contributed by atoms with Gasteiger partial charge < -0.3 is 20.4 Å². The van der Waals surface area contributed by atoms with Crippen molar-refractivity contribution in [1.29, 1.82) is 0 Å². The number of amides is 3. The van der Waals surface area contributed by atoms with Gasteiger partial charge in [-0.05, 0) is 69.0 Å². The van der Waals surface area contributed by atoms with E-state index in [1.165, 1.54) is 11.8 Å². The van der Waals surface area contributed by atoms with E-state index in [-0.39, 0.29) is 17.7 Å². The lowest BCUT2D eigenvalue weighted by atomic mass is 10.0. The van der Waals surface area contributed by atoms with Gasteiger partial charge in [0, 0.05) is 29.6 Å². The predicted octanol–water partition coefficient (Wildman–Crippen LogP) is 4.22. The van der Waals surface area contributed by atoms with Crippen molar-refractivity contribution in [3.05, 3.63) is 95.1 Å². The summed E-state index contributed by atoms with van der Waals surface area (Å²) in [6.07, 6.45) is -0.394. The van der Waals surface area contributed by atoms with Crippen LogP contribution in [0.4, 0.5) is 23.2 Å². The maximum absolute atomic E-state index is 15.1. The lowest BCUT2D eigenvalue weighted by Crippen LogP contribution is -2.55. The van der Waals surface area contributed by atoms with Crippen molar-refractivity contribution in [3.8, 4) is 0 Å². The van der Waals surface area contributed by atoms with E-state index >= 15 is 4.39 Å². The highest BCUT2D eigenvalue weighted by Crippen LogP contribution is 2.46. The van der Waals surface area contributed by atoms with Crippen molar-refractivity contribution < 1.29 is 31.9 Å². The van der Waals surface area contributed by atoms with Crippen LogP contribution in [0.3, 0.4) is 0 Å². The average molecular weight is 603 g/mol. The smallest absolute Gasteiger partial charge is 0.251 e. The summed E-state index contributed by atoms with van der Waals surface area (Å²) in [6, 6.07) is 10.1. The Balaban J connectivity index is 1.63. The van der Waals surface area contributed by atoms with E-state index in [4.69, 9.17) is 0 Å². The second-order valence-corrected chi connectivity index (χ2v) is 11.4. The fourth-order valence-corrected chi connectivity index (χ4v) is 5.94. The maximum Gasteiger partial charge on any atom is 0.251 e. The molecule has 12 heteroatoms. The number of benzene rings is 3. The zero-order chi connectivity index (χ0) is 30.6. The zero-order valence-corrected chi connectivity index (χ0v) is 24.0. The molecule has 0 aromatic heterocycles. The molecule has 3 aromatic carbocycles. The van der Waals surface area contributed by atoms with Gasteiger partial charge in [0.2, 0.25) is 11.8 Å². The molecule has 0 saturated carbocycles. The minimum atomic E-state index is -1.34. The normalized spacial score (nSPS) is 17.4. The monoisotopic (exact) mass is 602 g/mol. The summed E-state index contributed by atoms with van der Waals surface area (Å²) in [4.78, 5) is 44.0. The minimum absolute atomic E-state index is 0.0731. The number of thioether (sulfide) groups is 1. The SMILES string of the molecule is C[C@H](NC(=O)Cc1cc(F)cc(F)c1)C(=O)N[C@@H]1C(=O)N(CCN(C)C)c2ccccc2S[C@@H]1c1cc(F)ccc1F. The molecule has 0 saturated heterocycles. The molecule has 0 unspecified atom stereocenters. The number of para-hydroxylation sites is 1. The van der Waals surface area contributed by atoms with Gasteiger partial charge in [-0.1, -0.05) is 12.1 Å². The Morgan fingerprint density at radius 1 is 0.976 bits per heavy atom. The summed E-state index contributed by atoms with van der Waals surface area (Å²) in [5.41, 5.74) is 0.535. The third-order valence-corrected chi connectivity index (χ3v) is 8.01. The average Bonchev–Trinajstić information content (AvgIpc) is 3.02. The number of likely N-dealkylation sites (N-methyl/N-ethyl adjacent to an activating group) is 1. The van der Waals surface area contributed by atoms with Gasteiger partial charge >= 0.3 is 0 Å². The van der Waals surface area contributed by atoms with E-state index in [0.29, 0.717) is 23.2 Å². The largest absolute Gasteiger partial charge is 0.344 e. The molecule has 1 aliphatic rings. The second-order valence-electron chi connectivity index (χ2n) is 10.2. The van der Waals surface area contributed by atoms with E-state index < -0.39 is 64.7 Å². The summed E-state index contributed by atoms with van der Waals surface area (Å²) in [5.74, 6) is -5.12. The van der Waals surface area contributed by atoms with Crippen LogP contribution in [-0.2, 0) is 20.8 Å². The third kappa shape index (κ3) is 7.48. The molecule has 0 fully saturated rings. The third-order valence-electron chi connectivity index (χ3n) is 6.64. The number of hydrogen-bond acceptors (Lipinski definition) is 5. The molecule has 7 nitrogen and oxygen atoms in total. The van der Waals surface area contributed by atoms with Crippen molar-refractivity contribution in [3.63, 3.8) is 0 Å². The van der Waals surface area contributed by atoms with Crippen LogP contribution in [0, 0.1) is 23.3 Å². The number of carbonyl (C=O) groups excluding carboxylic acids is 3. The summed E-state index contributed by atoms with van der Waals surface area (Å²) in [7, 11) is 3.69. The van der Waals surface area contributed by atoms with Gasteiger partial charge in [-0.15, -0.1) is 11.8 Å². The summed E-state index contributed by atoms with van der Waals surface area (Å²) in [6.45, 7) is 2.12. The van der Waals surface area contributed by atoms with E-state index in [9.17, 15) is 27.6 Å². The molecular formula is C30H30F4N4O3S. The Morgan fingerprint density at radius 2 is 1.67 bits per heavy atom. The molecule has 4 rings (SSSR count). The second kappa shape index (κ2) is 13.4. The van der Waals surface area contributed by atoms with Gasteiger partial charge in [-0.25, -0.2) is 17.6 Å². The van der Waals surface area contributed by atoms with Crippen LogP contribution < -0.4 is 15.5 Å². The molecule has 3 amide bonds. The number of hydrogen-bond donors (Lipinski definition) is 2. The molecular weight excluding hydrogens is 572 g/mol. The molecule has 3 aromatic rings. The van der Waals surface area contributed by atoms with Gasteiger partial charge in [0.25, 0.3) is 5.91 Å². The Labute approximate surface area is 245 Å². The molecule has 0 radical (unpaired) electrons. The van der Waals surface area contributed by atoms with Gasteiger partial charge in [-0.2, -0.15) is 0 Å². The standard InChI is InChI=1S/C30H30F4N4O3S/c1-17(35-26(39)14-18-12-20(32)15-21(33)13-18)29(40)36-27-28(22-16-19(31)8-9-23(22)34)42-25-7-5-4-6-24(25)38(30(27)41)11-10-37(2)3/h4-9,12-13,15-17,27-28H,10-11,14H2,1-3H3,(H,35,39)(H,36,40)/t17-,27-,28+/m0/s1. The molecule has 0 aliphatic carbocycles. The van der Waals surface area contributed by atoms with Crippen LogP contribution in [0.1, 0.15) is 23.3 Å². The summed E-state index contributed by atoms with van der Waals surface area (Å²) < 4.78 is 56.5. The lowest BCUT2D eigenvalue weighted by molar-refractivity contribution is -0.131. The summed E-state index contributed by atoms with van der Waals surface area (Å²) in [5, 5.41) is 4.06. The van der Waals surface area contributed by atoms with E-state index in [2.05, 4.69) is 10.6 Å². The zero-order valence-electron chi connectivity index (χ0n) is 23.2. The first-order chi connectivity index (χ1) is 19.9. The fraction of sp³-hybridized carbons (Fsp3) is 0.300. The van der Waals surface area contributed by atoms with Crippen molar-refractivity contribution in [2.75, 3.05) is 32.1 Å². The first-order valence-corrected chi connectivity index (χ1v) is 14.0. The predicted molar refractivity (Wildman–Crippen MR) is 152 cm³/mol. The fourth-order valence-electron chi connectivity index (χ4n) is 4.58. The van der Waals surface area contributed by atoms with Crippen LogP contribution in [0.15, 0.2) is 65.6 Å².